The Morgan fingerprint density at radius 1 is 1.42 bits per heavy atom. The first-order valence-corrected chi connectivity index (χ1v) is 5.35. The summed E-state index contributed by atoms with van der Waals surface area (Å²) in [6.07, 6.45) is 3.95. The zero-order chi connectivity index (χ0) is 8.55. The largest absolute Gasteiger partial charge is 0.0608 e. The van der Waals surface area contributed by atoms with Crippen LogP contribution in [0.15, 0.2) is 22.7 Å². The fraction of sp³-hybridized carbons (Fsp3) is 0.455. The second kappa shape index (κ2) is 3.21. The van der Waals surface area contributed by atoms with Gasteiger partial charge in [0.05, 0.1) is 0 Å². The molecule has 1 aliphatic carbocycles. The predicted octanol–water partition coefficient (Wildman–Crippen LogP) is 3.89. The van der Waals surface area contributed by atoms with Crippen LogP contribution in [-0.4, -0.2) is 0 Å². The molecule has 0 spiro atoms. The van der Waals surface area contributed by atoms with Crippen molar-refractivity contribution in [2.45, 2.75) is 32.1 Å². The molecule has 12 heavy (non-hydrogen) atoms. The van der Waals surface area contributed by atoms with Gasteiger partial charge in [0.1, 0.15) is 0 Å². The number of benzene rings is 1. The van der Waals surface area contributed by atoms with Gasteiger partial charge in [-0.05, 0) is 42.4 Å². The highest BCUT2D eigenvalue weighted by atomic mass is 79.9. The van der Waals surface area contributed by atoms with Gasteiger partial charge in [-0.1, -0.05) is 35.0 Å². The Bertz CT molecular complexity index is 291. The van der Waals surface area contributed by atoms with Crippen LogP contribution in [0.5, 0.6) is 0 Å². The molecule has 0 saturated heterocycles. The molecular formula is C11H13Br. The molecule has 64 valence electrons. The molecule has 0 radical (unpaired) electrons. The Labute approximate surface area is 82.1 Å². The van der Waals surface area contributed by atoms with Crippen LogP contribution in [0.2, 0.25) is 0 Å². The standard InChI is InChI=1S/C11H13Br/c1-8-4-2-6-10-9(8)5-3-7-11(10)12/h3,5,7-8H,2,4,6H2,1H3/t8-/m0/s1. The van der Waals surface area contributed by atoms with Gasteiger partial charge in [0, 0.05) is 4.47 Å². The quantitative estimate of drug-likeness (QED) is 0.628. The van der Waals surface area contributed by atoms with Crippen molar-refractivity contribution in [2.75, 3.05) is 0 Å². The number of rotatable bonds is 0. The van der Waals surface area contributed by atoms with E-state index in [1.807, 2.05) is 0 Å². The van der Waals surface area contributed by atoms with Crippen LogP contribution in [0.4, 0.5) is 0 Å². The van der Waals surface area contributed by atoms with Crippen molar-refractivity contribution in [1.29, 1.82) is 0 Å². The number of halogens is 1. The average Bonchev–Trinajstić information content (AvgIpc) is 2.07. The Morgan fingerprint density at radius 3 is 3.00 bits per heavy atom. The van der Waals surface area contributed by atoms with Gasteiger partial charge >= 0.3 is 0 Å². The lowest BCUT2D eigenvalue weighted by molar-refractivity contribution is 0.588. The van der Waals surface area contributed by atoms with Crippen molar-refractivity contribution in [3.8, 4) is 0 Å². The van der Waals surface area contributed by atoms with E-state index in [0.29, 0.717) is 0 Å². The Kier molecular flexibility index (Phi) is 2.22. The monoisotopic (exact) mass is 224 g/mol. The van der Waals surface area contributed by atoms with Crippen molar-refractivity contribution < 1.29 is 0 Å². The van der Waals surface area contributed by atoms with Crippen LogP contribution in [-0.2, 0) is 6.42 Å². The summed E-state index contributed by atoms with van der Waals surface area (Å²) in [5.41, 5.74) is 3.09. The summed E-state index contributed by atoms with van der Waals surface area (Å²) in [6.45, 7) is 2.32. The van der Waals surface area contributed by atoms with Crippen LogP contribution < -0.4 is 0 Å². The molecule has 1 aromatic rings. The third-order valence-electron chi connectivity index (χ3n) is 2.75. The maximum absolute atomic E-state index is 3.61. The lowest BCUT2D eigenvalue weighted by Crippen LogP contribution is -2.07. The normalized spacial score (nSPS) is 22.0. The lowest BCUT2D eigenvalue weighted by Gasteiger charge is -2.22. The second-order valence-electron chi connectivity index (χ2n) is 3.60. The molecule has 0 N–H and O–H groups in total. The van der Waals surface area contributed by atoms with Crippen molar-refractivity contribution in [1.82, 2.24) is 0 Å². The minimum absolute atomic E-state index is 0.756. The SMILES string of the molecule is C[C@H]1CCCc2c(Br)cccc21. The zero-order valence-corrected chi connectivity index (χ0v) is 8.89. The van der Waals surface area contributed by atoms with Gasteiger partial charge in [-0.25, -0.2) is 0 Å². The van der Waals surface area contributed by atoms with E-state index >= 15 is 0 Å². The van der Waals surface area contributed by atoms with Crippen LogP contribution >= 0.6 is 15.9 Å². The summed E-state index contributed by atoms with van der Waals surface area (Å²) in [7, 11) is 0. The highest BCUT2D eigenvalue weighted by Crippen LogP contribution is 2.34. The maximum Gasteiger partial charge on any atom is 0.0210 e. The summed E-state index contributed by atoms with van der Waals surface area (Å²) in [5.74, 6) is 0.756. The molecule has 0 nitrogen and oxygen atoms in total. The Hall–Kier alpha value is -0.300. The molecule has 0 bridgehead atoms. The van der Waals surface area contributed by atoms with Gasteiger partial charge in [0.2, 0.25) is 0 Å². The van der Waals surface area contributed by atoms with Crippen LogP contribution in [0, 0.1) is 0 Å². The summed E-state index contributed by atoms with van der Waals surface area (Å²) in [4.78, 5) is 0. The van der Waals surface area contributed by atoms with E-state index in [-0.39, 0.29) is 0 Å². The minimum Gasteiger partial charge on any atom is -0.0608 e. The van der Waals surface area contributed by atoms with Crippen LogP contribution in [0.1, 0.15) is 36.8 Å². The second-order valence-corrected chi connectivity index (χ2v) is 4.46. The molecule has 1 atom stereocenters. The fourth-order valence-electron chi connectivity index (χ4n) is 2.04. The molecule has 0 fully saturated rings. The smallest absolute Gasteiger partial charge is 0.0210 e. The van der Waals surface area contributed by atoms with Crippen LogP contribution in [0.25, 0.3) is 0 Å². The third kappa shape index (κ3) is 1.31. The van der Waals surface area contributed by atoms with Gasteiger partial charge in [-0.15, -0.1) is 0 Å². The molecule has 0 aromatic heterocycles. The highest BCUT2D eigenvalue weighted by molar-refractivity contribution is 9.10. The summed E-state index contributed by atoms with van der Waals surface area (Å²) >= 11 is 3.61. The molecule has 0 unspecified atom stereocenters. The van der Waals surface area contributed by atoms with Crippen LogP contribution in [0.3, 0.4) is 0 Å². The van der Waals surface area contributed by atoms with E-state index in [0.717, 1.165) is 5.92 Å². The first-order chi connectivity index (χ1) is 5.79. The molecule has 1 aromatic carbocycles. The third-order valence-corrected chi connectivity index (χ3v) is 3.49. The zero-order valence-electron chi connectivity index (χ0n) is 7.31. The van der Waals surface area contributed by atoms with Gasteiger partial charge in [-0.2, -0.15) is 0 Å². The molecule has 0 saturated carbocycles. The van der Waals surface area contributed by atoms with Crippen molar-refractivity contribution in [3.05, 3.63) is 33.8 Å². The van der Waals surface area contributed by atoms with Gasteiger partial charge in [0.15, 0.2) is 0 Å². The fourth-order valence-corrected chi connectivity index (χ4v) is 2.62. The summed E-state index contributed by atoms with van der Waals surface area (Å²) in [5, 5.41) is 0. The number of fused-ring (bicyclic) bond motifs is 1. The molecule has 1 aliphatic rings. The first kappa shape index (κ1) is 8.31. The first-order valence-electron chi connectivity index (χ1n) is 4.56. The predicted molar refractivity (Wildman–Crippen MR) is 55.5 cm³/mol. The molecular weight excluding hydrogens is 212 g/mol. The van der Waals surface area contributed by atoms with Crippen molar-refractivity contribution >= 4 is 15.9 Å². The molecule has 2 rings (SSSR count). The number of hydrogen-bond donors (Lipinski definition) is 0. The Balaban J connectivity index is 2.52. The van der Waals surface area contributed by atoms with Crippen molar-refractivity contribution in [3.63, 3.8) is 0 Å². The van der Waals surface area contributed by atoms with E-state index in [2.05, 4.69) is 41.1 Å². The van der Waals surface area contributed by atoms with Gasteiger partial charge in [0.25, 0.3) is 0 Å². The maximum atomic E-state index is 3.61. The van der Waals surface area contributed by atoms with Gasteiger partial charge < -0.3 is 0 Å². The molecule has 1 heteroatoms. The Morgan fingerprint density at radius 2 is 2.25 bits per heavy atom. The average molecular weight is 225 g/mol. The summed E-state index contributed by atoms with van der Waals surface area (Å²) in [6, 6.07) is 6.56. The van der Waals surface area contributed by atoms with E-state index < -0.39 is 0 Å². The van der Waals surface area contributed by atoms with E-state index in [1.54, 1.807) is 5.56 Å². The van der Waals surface area contributed by atoms with Crippen molar-refractivity contribution in [2.24, 2.45) is 0 Å². The van der Waals surface area contributed by atoms with E-state index in [4.69, 9.17) is 0 Å². The summed E-state index contributed by atoms with van der Waals surface area (Å²) < 4.78 is 1.30. The minimum atomic E-state index is 0.756. The van der Waals surface area contributed by atoms with E-state index in [1.165, 1.54) is 29.3 Å². The topological polar surface area (TPSA) is 0 Å². The number of hydrogen-bond acceptors (Lipinski definition) is 0. The molecule has 0 amide bonds. The molecule has 0 aliphatic heterocycles. The molecule has 0 heterocycles. The van der Waals surface area contributed by atoms with Gasteiger partial charge in [-0.3, -0.25) is 0 Å². The lowest BCUT2D eigenvalue weighted by atomic mass is 9.84. The van der Waals surface area contributed by atoms with E-state index in [9.17, 15) is 0 Å². The highest BCUT2D eigenvalue weighted by Gasteiger charge is 2.17.